The average molecular weight is 472 g/mol. The maximum absolute atomic E-state index is 14.0. The van der Waals surface area contributed by atoms with Crippen LogP contribution in [0, 0.1) is 33.6 Å². The van der Waals surface area contributed by atoms with E-state index >= 15 is 0 Å². The van der Waals surface area contributed by atoms with Gasteiger partial charge in [-0.1, -0.05) is 53.1 Å². The zero-order valence-corrected chi connectivity index (χ0v) is 20.9. The Bertz CT molecular complexity index is 1300. The molecule has 1 saturated heterocycles. The standard InChI is InChI=1S/C28H29N3O2S/c1-16-6-10-20(11-7-16)31-27(34)30-25-21-15-18(3)9-13-23(21)33-28(31,5)24(25)26(32)29-22-12-8-17(2)14-19(22)4/h6-15,24-25H,1-5H3,(H,29,32)(H,30,34)/t24-,25+,28+/m0/s1. The molecule has 0 radical (unpaired) electrons. The summed E-state index contributed by atoms with van der Waals surface area (Å²) in [5, 5.41) is 7.19. The van der Waals surface area contributed by atoms with Gasteiger partial charge in [-0.05, 0) is 76.7 Å². The maximum atomic E-state index is 14.0. The number of rotatable bonds is 3. The fourth-order valence-electron chi connectivity index (χ4n) is 5.15. The molecule has 5 rings (SSSR count). The number of carbonyl (C=O) groups is 1. The summed E-state index contributed by atoms with van der Waals surface area (Å²) in [7, 11) is 0. The van der Waals surface area contributed by atoms with E-state index in [-0.39, 0.29) is 11.9 Å². The molecule has 3 aromatic carbocycles. The Morgan fingerprint density at radius 3 is 2.32 bits per heavy atom. The normalized spacial score (nSPS) is 23.0. The highest BCUT2D eigenvalue weighted by atomic mass is 32.1. The molecule has 2 N–H and O–H groups in total. The molecule has 2 bridgehead atoms. The number of carbonyl (C=O) groups excluding carboxylic acids is 1. The van der Waals surface area contributed by atoms with Gasteiger partial charge in [0.2, 0.25) is 5.91 Å². The van der Waals surface area contributed by atoms with Crippen molar-refractivity contribution in [1.82, 2.24) is 5.32 Å². The van der Waals surface area contributed by atoms with E-state index in [1.165, 1.54) is 0 Å². The van der Waals surface area contributed by atoms with E-state index in [9.17, 15) is 4.79 Å². The number of amides is 1. The number of aryl methyl sites for hydroxylation is 4. The first-order chi connectivity index (χ1) is 16.2. The third-order valence-corrected chi connectivity index (χ3v) is 7.17. The van der Waals surface area contributed by atoms with Gasteiger partial charge in [-0.3, -0.25) is 9.69 Å². The number of benzene rings is 3. The van der Waals surface area contributed by atoms with E-state index in [2.05, 4.69) is 22.8 Å². The zero-order valence-electron chi connectivity index (χ0n) is 20.1. The van der Waals surface area contributed by atoms with Crippen molar-refractivity contribution in [1.29, 1.82) is 0 Å². The molecule has 0 spiro atoms. The summed E-state index contributed by atoms with van der Waals surface area (Å²) >= 11 is 5.84. The number of hydrogen-bond acceptors (Lipinski definition) is 3. The summed E-state index contributed by atoms with van der Waals surface area (Å²) in [5.41, 5.74) is 6.04. The van der Waals surface area contributed by atoms with Gasteiger partial charge in [0.05, 0.1) is 6.04 Å². The van der Waals surface area contributed by atoms with Crippen LogP contribution in [0.15, 0.2) is 60.7 Å². The molecule has 0 aliphatic carbocycles. The quantitative estimate of drug-likeness (QED) is 0.479. The molecule has 0 unspecified atom stereocenters. The lowest BCUT2D eigenvalue weighted by Crippen LogP contribution is -2.72. The van der Waals surface area contributed by atoms with Crippen LogP contribution in [0.4, 0.5) is 11.4 Å². The molecular formula is C28H29N3O2S. The summed E-state index contributed by atoms with van der Waals surface area (Å²) in [6, 6.07) is 19.9. The summed E-state index contributed by atoms with van der Waals surface area (Å²) in [6.07, 6.45) is 0. The fourth-order valence-corrected chi connectivity index (χ4v) is 5.56. The minimum atomic E-state index is -1.02. The molecule has 2 heterocycles. The van der Waals surface area contributed by atoms with Crippen LogP contribution in [0.1, 0.15) is 40.8 Å². The lowest BCUT2D eigenvalue weighted by atomic mass is 9.78. The molecule has 3 aromatic rings. The third-order valence-electron chi connectivity index (χ3n) is 6.87. The molecule has 0 aromatic heterocycles. The number of thiocarbonyl (C=S) groups is 1. The van der Waals surface area contributed by atoms with Crippen molar-refractivity contribution in [3.8, 4) is 5.75 Å². The topological polar surface area (TPSA) is 53.6 Å². The van der Waals surface area contributed by atoms with Gasteiger partial charge in [0, 0.05) is 16.9 Å². The van der Waals surface area contributed by atoms with Crippen LogP contribution in [-0.2, 0) is 4.79 Å². The van der Waals surface area contributed by atoms with Crippen molar-refractivity contribution in [3.05, 3.63) is 88.5 Å². The second kappa shape index (κ2) is 8.13. The van der Waals surface area contributed by atoms with Crippen molar-refractivity contribution in [2.45, 2.75) is 46.4 Å². The number of nitrogens with zero attached hydrogens (tertiary/aromatic N) is 1. The second-order valence-corrected chi connectivity index (χ2v) is 9.97. The Morgan fingerprint density at radius 1 is 0.971 bits per heavy atom. The Kier molecular flexibility index (Phi) is 5.36. The number of hydrogen-bond donors (Lipinski definition) is 2. The maximum Gasteiger partial charge on any atom is 0.236 e. The SMILES string of the molecule is Cc1ccc(N2C(=S)N[C@@H]3c4cc(C)ccc4O[C@]2(C)[C@@H]3C(=O)Nc2ccc(C)cc2C)cc1. The fraction of sp³-hybridized carbons (Fsp3) is 0.286. The lowest BCUT2D eigenvalue weighted by Gasteiger charge is -2.56. The van der Waals surface area contributed by atoms with Crippen LogP contribution in [0.3, 0.4) is 0 Å². The molecule has 1 amide bonds. The molecule has 5 nitrogen and oxygen atoms in total. The summed E-state index contributed by atoms with van der Waals surface area (Å²) in [4.78, 5) is 15.9. The summed E-state index contributed by atoms with van der Waals surface area (Å²) < 4.78 is 6.67. The lowest BCUT2D eigenvalue weighted by molar-refractivity contribution is -0.130. The van der Waals surface area contributed by atoms with E-state index in [1.807, 2.05) is 88.0 Å². The van der Waals surface area contributed by atoms with Crippen molar-refractivity contribution in [2.75, 3.05) is 10.2 Å². The summed E-state index contributed by atoms with van der Waals surface area (Å²) in [6.45, 7) is 10.1. The average Bonchev–Trinajstić information content (AvgIpc) is 2.77. The first-order valence-electron chi connectivity index (χ1n) is 11.5. The number of fused-ring (bicyclic) bond motifs is 4. The molecule has 2 aliphatic rings. The number of nitrogens with one attached hydrogen (secondary N) is 2. The first-order valence-corrected chi connectivity index (χ1v) is 11.9. The van der Waals surface area contributed by atoms with Gasteiger partial charge >= 0.3 is 0 Å². The monoisotopic (exact) mass is 471 g/mol. The van der Waals surface area contributed by atoms with Gasteiger partial charge in [0.1, 0.15) is 11.7 Å². The van der Waals surface area contributed by atoms with Gasteiger partial charge in [-0.2, -0.15) is 0 Å². The van der Waals surface area contributed by atoms with E-state index in [1.54, 1.807) is 0 Å². The van der Waals surface area contributed by atoms with Gasteiger partial charge < -0.3 is 15.4 Å². The minimum absolute atomic E-state index is 0.112. The molecule has 174 valence electrons. The molecule has 6 heteroatoms. The van der Waals surface area contributed by atoms with Gasteiger partial charge in [-0.25, -0.2) is 0 Å². The van der Waals surface area contributed by atoms with Crippen LogP contribution in [0.5, 0.6) is 5.75 Å². The van der Waals surface area contributed by atoms with Gasteiger partial charge in [0.25, 0.3) is 0 Å². The Morgan fingerprint density at radius 2 is 1.62 bits per heavy atom. The highest BCUT2D eigenvalue weighted by Gasteiger charge is 2.59. The predicted molar refractivity (Wildman–Crippen MR) is 140 cm³/mol. The van der Waals surface area contributed by atoms with E-state index in [4.69, 9.17) is 17.0 Å². The first kappa shape index (κ1) is 22.4. The number of anilines is 2. The Hall–Kier alpha value is -3.38. The van der Waals surface area contributed by atoms with Crippen LogP contribution < -0.4 is 20.3 Å². The molecule has 1 fully saturated rings. The van der Waals surface area contributed by atoms with Gasteiger partial charge in [0.15, 0.2) is 10.8 Å². The number of ether oxygens (including phenoxy) is 1. The van der Waals surface area contributed by atoms with Crippen LogP contribution in [-0.4, -0.2) is 16.7 Å². The van der Waals surface area contributed by atoms with Gasteiger partial charge in [-0.15, -0.1) is 0 Å². The van der Waals surface area contributed by atoms with Crippen molar-refractivity contribution < 1.29 is 9.53 Å². The van der Waals surface area contributed by atoms with Crippen molar-refractivity contribution in [3.63, 3.8) is 0 Å². The molecular weight excluding hydrogens is 442 g/mol. The Labute approximate surface area is 206 Å². The van der Waals surface area contributed by atoms with E-state index < -0.39 is 11.6 Å². The molecule has 2 aliphatic heterocycles. The van der Waals surface area contributed by atoms with Crippen LogP contribution >= 0.6 is 12.2 Å². The van der Waals surface area contributed by atoms with Crippen molar-refractivity contribution in [2.24, 2.45) is 5.92 Å². The highest BCUT2D eigenvalue weighted by molar-refractivity contribution is 7.80. The smallest absolute Gasteiger partial charge is 0.236 e. The Balaban J connectivity index is 1.63. The van der Waals surface area contributed by atoms with Crippen LogP contribution in [0.25, 0.3) is 0 Å². The van der Waals surface area contributed by atoms with Crippen LogP contribution in [0.2, 0.25) is 0 Å². The zero-order chi connectivity index (χ0) is 24.2. The van der Waals surface area contributed by atoms with E-state index in [0.29, 0.717) is 5.11 Å². The minimum Gasteiger partial charge on any atom is -0.467 e. The largest absolute Gasteiger partial charge is 0.467 e. The molecule has 34 heavy (non-hydrogen) atoms. The highest BCUT2D eigenvalue weighted by Crippen LogP contribution is 2.50. The molecule has 3 atom stereocenters. The third kappa shape index (κ3) is 3.62. The molecule has 0 saturated carbocycles. The second-order valence-electron chi connectivity index (χ2n) is 9.58. The summed E-state index contributed by atoms with van der Waals surface area (Å²) in [5.74, 6) is 0.0926. The predicted octanol–water partition coefficient (Wildman–Crippen LogP) is 5.72. The van der Waals surface area contributed by atoms with E-state index in [0.717, 1.165) is 44.9 Å². The van der Waals surface area contributed by atoms with Crippen molar-refractivity contribution >= 4 is 34.6 Å².